The molecule has 0 bridgehead atoms. The molecule has 0 aliphatic carbocycles. The molecule has 34 heavy (non-hydrogen) atoms. The van der Waals surface area contributed by atoms with Crippen LogP contribution in [0.3, 0.4) is 0 Å². The first-order chi connectivity index (χ1) is 16.3. The zero-order valence-electron chi connectivity index (χ0n) is 19.1. The summed E-state index contributed by atoms with van der Waals surface area (Å²) in [4.78, 5) is 35.3. The van der Waals surface area contributed by atoms with Gasteiger partial charge in [0.25, 0.3) is 0 Å². The third-order valence-electron chi connectivity index (χ3n) is 6.23. The van der Waals surface area contributed by atoms with Crippen molar-refractivity contribution in [2.24, 2.45) is 0 Å². The Bertz CT molecular complexity index is 1390. The monoisotopic (exact) mass is 460 g/mol. The predicted molar refractivity (Wildman–Crippen MR) is 126 cm³/mol. The lowest BCUT2D eigenvalue weighted by molar-refractivity contribution is -0.165. The second-order valence-electron chi connectivity index (χ2n) is 8.56. The number of hydrogen-bond acceptors (Lipinski definition) is 7. The van der Waals surface area contributed by atoms with Gasteiger partial charge in [0.2, 0.25) is 0 Å². The van der Waals surface area contributed by atoms with Gasteiger partial charge in [-0.2, -0.15) is 0 Å². The van der Waals surface area contributed by atoms with E-state index in [9.17, 15) is 14.4 Å². The summed E-state index contributed by atoms with van der Waals surface area (Å²) in [6, 6.07) is 18.4. The van der Waals surface area contributed by atoms with Gasteiger partial charge in [-0.25, -0.2) is 0 Å². The topological polar surface area (TPSA) is 88.1 Å². The lowest BCUT2D eigenvalue weighted by Gasteiger charge is -2.24. The van der Waals surface area contributed by atoms with E-state index in [1.807, 2.05) is 24.3 Å². The Morgan fingerprint density at radius 1 is 0.735 bits per heavy atom. The van der Waals surface area contributed by atoms with Gasteiger partial charge in [0, 0.05) is 20.8 Å². The van der Waals surface area contributed by atoms with Crippen molar-refractivity contribution >= 4 is 50.2 Å². The zero-order valence-corrected chi connectivity index (χ0v) is 19.1. The first-order valence-electron chi connectivity index (χ1n) is 11.1. The molecule has 1 heterocycles. The average Bonchev–Trinajstić information content (AvgIpc) is 3.11. The Hall–Kier alpha value is -3.71. The summed E-state index contributed by atoms with van der Waals surface area (Å²) in [6.45, 7) is 3.73. The lowest BCUT2D eigenvalue weighted by atomic mass is 9.89. The highest BCUT2D eigenvalue weighted by Crippen LogP contribution is 2.43. The first-order valence-corrected chi connectivity index (χ1v) is 11.1. The fourth-order valence-electron chi connectivity index (χ4n) is 4.97. The number of esters is 3. The van der Waals surface area contributed by atoms with E-state index in [2.05, 4.69) is 30.3 Å². The Labute approximate surface area is 195 Å². The third-order valence-corrected chi connectivity index (χ3v) is 6.23. The van der Waals surface area contributed by atoms with E-state index in [1.165, 1.54) is 20.8 Å². The maximum atomic E-state index is 12.0. The summed E-state index contributed by atoms with van der Waals surface area (Å²) in [6.07, 6.45) is -3.34. The molecular weight excluding hydrogens is 436 g/mol. The number of carbonyl (C=O) groups is 3. The Kier molecular flexibility index (Phi) is 5.57. The molecule has 7 heteroatoms. The van der Waals surface area contributed by atoms with Gasteiger partial charge < -0.3 is 18.9 Å². The van der Waals surface area contributed by atoms with E-state index in [0.29, 0.717) is 0 Å². The first kappa shape index (κ1) is 22.1. The number of hydrogen-bond donors (Lipinski definition) is 0. The van der Waals surface area contributed by atoms with Crippen molar-refractivity contribution in [3.8, 4) is 0 Å². The van der Waals surface area contributed by atoms with Crippen molar-refractivity contribution in [3.63, 3.8) is 0 Å². The summed E-state index contributed by atoms with van der Waals surface area (Å²) < 4.78 is 22.6. The van der Waals surface area contributed by atoms with Crippen LogP contribution < -0.4 is 0 Å². The van der Waals surface area contributed by atoms with Gasteiger partial charge in [-0.3, -0.25) is 14.4 Å². The highest BCUT2D eigenvalue weighted by molar-refractivity contribution is 6.23. The molecule has 0 amide bonds. The van der Waals surface area contributed by atoms with Crippen LogP contribution in [0.5, 0.6) is 0 Å². The highest BCUT2D eigenvalue weighted by atomic mass is 16.6. The molecule has 0 saturated carbocycles. The molecule has 4 aromatic rings. The van der Waals surface area contributed by atoms with Crippen molar-refractivity contribution in [2.75, 3.05) is 6.61 Å². The van der Waals surface area contributed by atoms with Crippen LogP contribution in [0, 0.1) is 0 Å². The van der Waals surface area contributed by atoms with Gasteiger partial charge in [0.05, 0.1) is 0 Å². The quantitative estimate of drug-likeness (QED) is 0.247. The lowest BCUT2D eigenvalue weighted by Crippen LogP contribution is -2.40. The molecule has 1 aliphatic heterocycles. The van der Waals surface area contributed by atoms with Gasteiger partial charge in [-0.05, 0) is 37.9 Å². The highest BCUT2D eigenvalue weighted by Gasteiger charge is 2.50. The van der Waals surface area contributed by atoms with Crippen LogP contribution in [0.4, 0.5) is 0 Å². The number of rotatable bonds is 5. The van der Waals surface area contributed by atoms with E-state index < -0.39 is 42.3 Å². The van der Waals surface area contributed by atoms with E-state index in [-0.39, 0.29) is 6.61 Å². The van der Waals surface area contributed by atoms with Crippen molar-refractivity contribution < 1.29 is 33.3 Å². The van der Waals surface area contributed by atoms with Gasteiger partial charge in [-0.1, -0.05) is 54.6 Å². The molecule has 0 N–H and O–H groups in total. The molecule has 0 radical (unpaired) electrons. The molecule has 4 aromatic carbocycles. The largest absolute Gasteiger partial charge is 0.463 e. The predicted octanol–water partition coefficient (Wildman–Crippen LogP) is 4.45. The van der Waals surface area contributed by atoms with Gasteiger partial charge >= 0.3 is 17.9 Å². The molecule has 7 nitrogen and oxygen atoms in total. The van der Waals surface area contributed by atoms with Crippen LogP contribution in [0.1, 0.15) is 32.4 Å². The van der Waals surface area contributed by atoms with Crippen LogP contribution in [-0.2, 0) is 33.3 Å². The maximum Gasteiger partial charge on any atom is 0.303 e. The molecule has 4 atom stereocenters. The third kappa shape index (κ3) is 3.82. The van der Waals surface area contributed by atoms with Crippen molar-refractivity contribution in [1.29, 1.82) is 0 Å². The summed E-state index contributed by atoms with van der Waals surface area (Å²) in [5.74, 6) is -1.56. The fourth-order valence-corrected chi connectivity index (χ4v) is 4.97. The van der Waals surface area contributed by atoms with Crippen LogP contribution in [0.15, 0.2) is 54.6 Å². The molecule has 0 unspecified atom stereocenters. The van der Waals surface area contributed by atoms with Crippen LogP contribution in [-0.4, -0.2) is 42.8 Å². The molecule has 1 saturated heterocycles. The molecule has 0 aromatic heterocycles. The summed E-state index contributed by atoms with van der Waals surface area (Å²) in [5, 5.41) is 6.53. The minimum absolute atomic E-state index is 0.132. The molecule has 1 fully saturated rings. The average molecular weight is 460 g/mol. The molecule has 5 rings (SSSR count). The fraction of sp³-hybridized carbons (Fsp3) is 0.296. The van der Waals surface area contributed by atoms with Crippen molar-refractivity contribution in [1.82, 2.24) is 0 Å². The molecule has 0 spiro atoms. The molecule has 174 valence electrons. The van der Waals surface area contributed by atoms with Crippen LogP contribution in [0.2, 0.25) is 0 Å². The zero-order chi connectivity index (χ0) is 24.0. The number of ether oxygens (including phenoxy) is 4. The van der Waals surface area contributed by atoms with Crippen LogP contribution in [0.25, 0.3) is 32.3 Å². The van der Waals surface area contributed by atoms with Gasteiger partial charge in [0.1, 0.15) is 18.8 Å². The minimum Gasteiger partial charge on any atom is -0.463 e. The Morgan fingerprint density at radius 2 is 1.32 bits per heavy atom. The summed E-state index contributed by atoms with van der Waals surface area (Å²) in [5.41, 5.74) is 0.805. The molecular formula is C27H24O7. The van der Waals surface area contributed by atoms with Crippen molar-refractivity contribution in [3.05, 3.63) is 60.2 Å². The Morgan fingerprint density at radius 3 is 1.97 bits per heavy atom. The standard InChI is InChI=1S/C27H24O7/c1-14(28)31-13-22-26(32-15(2)29)27(33-16(3)30)25(34-22)21-12-10-19-8-7-17-5-4-6-18-9-11-20(21)24(19)23(17)18/h4-12,22,25-27H,13H2,1-3H3/t22-,25+,26-,27+/m1/s1. The van der Waals surface area contributed by atoms with Crippen molar-refractivity contribution in [2.45, 2.75) is 45.2 Å². The normalized spacial score (nSPS) is 22.3. The van der Waals surface area contributed by atoms with E-state index in [1.54, 1.807) is 0 Å². The minimum atomic E-state index is -0.927. The van der Waals surface area contributed by atoms with Gasteiger partial charge in [-0.15, -0.1) is 0 Å². The SMILES string of the molecule is CC(=O)OC[C@H]1O[C@@H](c2ccc3ccc4cccc5ccc2c3c45)[C@H](OC(C)=O)[C@@H]1OC(C)=O. The van der Waals surface area contributed by atoms with E-state index in [4.69, 9.17) is 18.9 Å². The summed E-state index contributed by atoms with van der Waals surface area (Å²) in [7, 11) is 0. The number of carbonyl (C=O) groups excluding carboxylic acids is 3. The second kappa shape index (κ2) is 8.57. The smallest absolute Gasteiger partial charge is 0.303 e. The summed E-state index contributed by atoms with van der Waals surface area (Å²) >= 11 is 0. The second-order valence-corrected chi connectivity index (χ2v) is 8.56. The van der Waals surface area contributed by atoms with E-state index >= 15 is 0 Å². The van der Waals surface area contributed by atoms with E-state index in [0.717, 1.165) is 37.9 Å². The molecule has 1 aliphatic rings. The Balaban J connectivity index is 1.66. The maximum absolute atomic E-state index is 12.0. The number of benzene rings is 4. The van der Waals surface area contributed by atoms with Gasteiger partial charge in [0.15, 0.2) is 12.2 Å². The van der Waals surface area contributed by atoms with Crippen LogP contribution >= 0.6 is 0 Å².